The SMILES string of the molecule is CS(=O)(=O)NC(=O)c1c(-c2ccc[nH]c2=O)c2cc(Cl)ccc2n1Cc1cc2ccccc2nc1Cl. The molecule has 0 saturated heterocycles. The second kappa shape index (κ2) is 9.09. The van der Waals surface area contributed by atoms with Crippen LogP contribution in [-0.4, -0.2) is 35.1 Å². The molecule has 0 bridgehead atoms. The number of para-hydroxylation sites is 1. The van der Waals surface area contributed by atoms with Gasteiger partial charge in [-0.25, -0.2) is 18.1 Å². The summed E-state index contributed by atoms with van der Waals surface area (Å²) < 4.78 is 27.7. The van der Waals surface area contributed by atoms with Crippen LogP contribution in [0.25, 0.3) is 32.9 Å². The molecule has 5 aromatic rings. The van der Waals surface area contributed by atoms with Crippen LogP contribution in [0.5, 0.6) is 0 Å². The Labute approximate surface area is 215 Å². The van der Waals surface area contributed by atoms with Gasteiger partial charge in [-0.2, -0.15) is 0 Å². The Kier molecular flexibility index (Phi) is 6.07. The van der Waals surface area contributed by atoms with E-state index in [-0.39, 0.29) is 28.5 Å². The summed E-state index contributed by atoms with van der Waals surface area (Å²) >= 11 is 12.8. The first-order chi connectivity index (χ1) is 17.1. The molecule has 0 saturated carbocycles. The predicted octanol–water partition coefficient (Wildman–Crippen LogP) is 4.59. The van der Waals surface area contributed by atoms with Gasteiger partial charge in [0.1, 0.15) is 10.8 Å². The lowest BCUT2D eigenvalue weighted by molar-refractivity contribution is 0.0974. The molecular weight excluding hydrogens is 523 g/mol. The van der Waals surface area contributed by atoms with Crippen molar-refractivity contribution >= 4 is 60.9 Å². The van der Waals surface area contributed by atoms with E-state index in [0.717, 1.165) is 11.6 Å². The van der Waals surface area contributed by atoms with Gasteiger partial charge < -0.3 is 9.55 Å². The van der Waals surface area contributed by atoms with E-state index in [4.69, 9.17) is 23.2 Å². The molecule has 0 fully saturated rings. The van der Waals surface area contributed by atoms with Crippen LogP contribution in [0.15, 0.2) is 71.7 Å². The average Bonchev–Trinajstić information content (AvgIpc) is 3.12. The Morgan fingerprint density at radius 2 is 1.86 bits per heavy atom. The summed E-state index contributed by atoms with van der Waals surface area (Å²) in [5.41, 5.74) is 1.82. The maximum Gasteiger partial charge on any atom is 0.282 e. The number of H-pyrrole nitrogens is 1. The Morgan fingerprint density at radius 3 is 2.61 bits per heavy atom. The molecule has 0 aliphatic heterocycles. The van der Waals surface area contributed by atoms with Gasteiger partial charge in [0.25, 0.3) is 11.5 Å². The molecule has 0 unspecified atom stereocenters. The van der Waals surface area contributed by atoms with Gasteiger partial charge in [-0.1, -0.05) is 41.4 Å². The number of carbonyl (C=O) groups excluding carboxylic acids is 1. The average molecular weight is 541 g/mol. The van der Waals surface area contributed by atoms with E-state index in [9.17, 15) is 18.0 Å². The third-order valence-corrected chi connectivity index (χ3v) is 6.80. The van der Waals surface area contributed by atoms with E-state index in [1.807, 2.05) is 35.1 Å². The van der Waals surface area contributed by atoms with Crippen molar-refractivity contribution in [1.29, 1.82) is 0 Å². The van der Waals surface area contributed by atoms with Crippen LogP contribution in [0.1, 0.15) is 16.1 Å². The third-order valence-electron chi connectivity index (χ3n) is 5.68. The van der Waals surface area contributed by atoms with E-state index >= 15 is 0 Å². The zero-order chi connectivity index (χ0) is 25.6. The van der Waals surface area contributed by atoms with Crippen LogP contribution < -0.4 is 10.3 Å². The summed E-state index contributed by atoms with van der Waals surface area (Å²) in [6.07, 6.45) is 2.35. The summed E-state index contributed by atoms with van der Waals surface area (Å²) in [4.78, 5) is 33.3. The predicted molar refractivity (Wildman–Crippen MR) is 141 cm³/mol. The highest BCUT2D eigenvalue weighted by atomic mass is 35.5. The molecule has 182 valence electrons. The molecule has 0 spiro atoms. The molecule has 8 nitrogen and oxygen atoms in total. The maximum absolute atomic E-state index is 13.4. The lowest BCUT2D eigenvalue weighted by atomic mass is 10.0. The van der Waals surface area contributed by atoms with Crippen LogP contribution in [-0.2, 0) is 16.6 Å². The summed E-state index contributed by atoms with van der Waals surface area (Å²) in [5, 5.41) is 1.97. The summed E-state index contributed by atoms with van der Waals surface area (Å²) in [6.45, 7) is 0.0754. The molecule has 5 rings (SSSR count). The third kappa shape index (κ3) is 4.48. The van der Waals surface area contributed by atoms with Crippen molar-refractivity contribution < 1.29 is 13.2 Å². The molecule has 3 heterocycles. The maximum atomic E-state index is 13.4. The zero-order valence-electron chi connectivity index (χ0n) is 18.7. The highest BCUT2D eigenvalue weighted by Crippen LogP contribution is 2.36. The molecule has 0 aliphatic rings. The highest BCUT2D eigenvalue weighted by molar-refractivity contribution is 7.89. The number of amides is 1. The topological polar surface area (TPSA) is 114 Å². The second-order valence-electron chi connectivity index (χ2n) is 8.22. The second-order valence-corrected chi connectivity index (χ2v) is 10.8. The van der Waals surface area contributed by atoms with Crippen LogP contribution >= 0.6 is 23.2 Å². The van der Waals surface area contributed by atoms with E-state index in [1.165, 1.54) is 6.20 Å². The van der Waals surface area contributed by atoms with Crippen molar-refractivity contribution in [3.8, 4) is 11.1 Å². The highest BCUT2D eigenvalue weighted by Gasteiger charge is 2.27. The Bertz CT molecular complexity index is 1840. The largest absolute Gasteiger partial charge is 0.331 e. The fourth-order valence-corrected chi connectivity index (χ4v) is 5.06. The summed E-state index contributed by atoms with van der Waals surface area (Å²) in [6, 6.07) is 17.5. The van der Waals surface area contributed by atoms with Gasteiger partial charge in [0.05, 0.1) is 18.3 Å². The number of halogens is 2. The monoisotopic (exact) mass is 540 g/mol. The normalized spacial score (nSPS) is 11.8. The number of nitrogens with one attached hydrogen (secondary N) is 2. The van der Waals surface area contributed by atoms with Gasteiger partial charge in [-0.3, -0.25) is 9.59 Å². The first-order valence-electron chi connectivity index (χ1n) is 10.7. The molecule has 11 heteroatoms. The summed E-state index contributed by atoms with van der Waals surface area (Å²) in [5.74, 6) is -0.895. The fourth-order valence-electron chi connectivity index (χ4n) is 4.25. The van der Waals surface area contributed by atoms with Crippen LogP contribution in [0.3, 0.4) is 0 Å². The number of nitrogens with zero attached hydrogens (tertiary/aromatic N) is 2. The number of aromatic amines is 1. The van der Waals surface area contributed by atoms with Crippen LogP contribution in [0, 0.1) is 0 Å². The molecule has 0 atom stereocenters. The quantitative estimate of drug-likeness (QED) is 0.316. The molecule has 2 aromatic carbocycles. The minimum Gasteiger partial charge on any atom is -0.331 e. The molecule has 36 heavy (non-hydrogen) atoms. The number of hydrogen-bond donors (Lipinski definition) is 2. The number of hydrogen-bond acceptors (Lipinski definition) is 5. The molecular formula is C25H18Cl2N4O4S. The van der Waals surface area contributed by atoms with Gasteiger partial charge in [0.15, 0.2) is 0 Å². The standard InChI is InChI=1S/C25H18Cl2N4O4S/c1-36(34,35)30-25(33)22-21(17-6-4-10-28-24(17)32)18-12-16(26)8-9-20(18)31(22)13-15-11-14-5-2-3-7-19(14)29-23(15)27/h2-12H,13H2,1H3,(H,28,32)(H,30,33). The van der Waals surface area contributed by atoms with Gasteiger partial charge in [0, 0.05) is 44.2 Å². The minimum absolute atomic E-state index is 0.0291. The van der Waals surface area contributed by atoms with Gasteiger partial charge in [0.2, 0.25) is 10.0 Å². The van der Waals surface area contributed by atoms with Crippen molar-refractivity contribution in [2.75, 3.05) is 6.26 Å². The molecule has 2 N–H and O–H groups in total. The van der Waals surface area contributed by atoms with Crippen LogP contribution in [0.2, 0.25) is 10.2 Å². The molecule has 0 radical (unpaired) electrons. The van der Waals surface area contributed by atoms with Gasteiger partial charge in [-0.05, 0) is 42.5 Å². The van der Waals surface area contributed by atoms with E-state index in [1.54, 1.807) is 34.9 Å². The first-order valence-corrected chi connectivity index (χ1v) is 13.3. The lowest BCUT2D eigenvalue weighted by Gasteiger charge is -2.13. The molecule has 0 aliphatic carbocycles. The van der Waals surface area contributed by atoms with Crippen molar-refractivity contribution in [2.45, 2.75) is 6.54 Å². The van der Waals surface area contributed by atoms with Crippen molar-refractivity contribution in [3.05, 3.63) is 98.6 Å². The van der Waals surface area contributed by atoms with Crippen molar-refractivity contribution in [1.82, 2.24) is 19.3 Å². The first kappa shape index (κ1) is 24.1. The number of fused-ring (bicyclic) bond motifs is 2. The van der Waals surface area contributed by atoms with Gasteiger partial charge in [-0.15, -0.1) is 0 Å². The fraction of sp³-hybridized carbons (Fsp3) is 0.0800. The zero-order valence-corrected chi connectivity index (χ0v) is 21.1. The van der Waals surface area contributed by atoms with Crippen molar-refractivity contribution in [3.63, 3.8) is 0 Å². The number of pyridine rings is 2. The number of rotatable bonds is 5. The number of benzene rings is 2. The van der Waals surface area contributed by atoms with Crippen molar-refractivity contribution in [2.24, 2.45) is 0 Å². The molecule has 1 amide bonds. The van der Waals surface area contributed by atoms with Gasteiger partial charge >= 0.3 is 0 Å². The van der Waals surface area contributed by atoms with E-state index < -0.39 is 21.5 Å². The molecule has 3 aromatic heterocycles. The lowest BCUT2D eigenvalue weighted by Crippen LogP contribution is -2.32. The Hall–Kier alpha value is -3.66. The number of sulfonamides is 1. The Balaban J connectivity index is 1.84. The smallest absolute Gasteiger partial charge is 0.282 e. The number of carbonyl (C=O) groups is 1. The minimum atomic E-state index is -3.92. The summed E-state index contributed by atoms with van der Waals surface area (Å²) in [7, 11) is -3.92. The Morgan fingerprint density at radius 1 is 1.08 bits per heavy atom. The van der Waals surface area contributed by atoms with Crippen LogP contribution in [0.4, 0.5) is 0 Å². The number of aromatic nitrogens is 3. The van der Waals surface area contributed by atoms with E-state index in [2.05, 4.69) is 9.97 Å². The van der Waals surface area contributed by atoms with E-state index in [0.29, 0.717) is 27.0 Å².